The number of ether oxygens (including phenoxy) is 5. The Labute approximate surface area is 218 Å². The molecule has 0 aliphatic heterocycles. The third kappa shape index (κ3) is 20.8. The van der Waals surface area contributed by atoms with Gasteiger partial charge in [-0.2, -0.15) is 0 Å². The van der Waals surface area contributed by atoms with Crippen LogP contribution in [0.4, 0.5) is 0 Å². The van der Waals surface area contributed by atoms with Crippen molar-refractivity contribution in [2.75, 3.05) is 66.1 Å². The molecule has 0 aromatic carbocycles. The van der Waals surface area contributed by atoms with E-state index in [0.717, 1.165) is 25.9 Å². The summed E-state index contributed by atoms with van der Waals surface area (Å²) in [7, 11) is 0. The Hall–Kier alpha value is -1.38. The minimum atomic E-state index is -0.112. The van der Waals surface area contributed by atoms with E-state index < -0.39 is 0 Å². The SMILES string of the molecule is CCCCCCCCCCCOCCOCCOCCOCCOCCCCC1=CC(=O)C=CC1=O. The van der Waals surface area contributed by atoms with Gasteiger partial charge in [-0.1, -0.05) is 58.3 Å². The van der Waals surface area contributed by atoms with Gasteiger partial charge in [0.1, 0.15) is 0 Å². The van der Waals surface area contributed by atoms with Gasteiger partial charge >= 0.3 is 0 Å². The molecule has 0 bridgehead atoms. The highest BCUT2D eigenvalue weighted by molar-refractivity contribution is 6.17. The second kappa shape index (κ2) is 25.3. The number of rotatable bonds is 27. The quantitative estimate of drug-likeness (QED) is 0.108. The second-order valence-corrected chi connectivity index (χ2v) is 9.12. The molecule has 1 aliphatic carbocycles. The average molecular weight is 511 g/mol. The number of ketones is 2. The van der Waals surface area contributed by atoms with Crippen LogP contribution >= 0.6 is 0 Å². The second-order valence-electron chi connectivity index (χ2n) is 9.12. The van der Waals surface area contributed by atoms with E-state index in [0.29, 0.717) is 71.5 Å². The maximum atomic E-state index is 11.6. The first-order valence-electron chi connectivity index (χ1n) is 14.1. The number of unbranched alkanes of at least 4 members (excludes halogenated alkanes) is 9. The molecule has 0 aromatic rings. The van der Waals surface area contributed by atoms with Gasteiger partial charge in [-0.25, -0.2) is 0 Å². The zero-order valence-electron chi connectivity index (χ0n) is 22.6. The molecule has 0 fully saturated rings. The molecule has 7 heteroatoms. The smallest absolute Gasteiger partial charge is 0.182 e. The fourth-order valence-corrected chi connectivity index (χ4v) is 3.77. The lowest BCUT2D eigenvalue weighted by Gasteiger charge is -2.08. The average Bonchev–Trinajstić information content (AvgIpc) is 2.88. The van der Waals surface area contributed by atoms with Crippen LogP contribution in [0.5, 0.6) is 0 Å². The van der Waals surface area contributed by atoms with Crippen LogP contribution in [0.1, 0.15) is 84.0 Å². The first kappa shape index (κ1) is 32.6. The van der Waals surface area contributed by atoms with E-state index in [4.69, 9.17) is 23.7 Å². The van der Waals surface area contributed by atoms with Crippen LogP contribution < -0.4 is 0 Å². The molecule has 1 rings (SSSR count). The van der Waals surface area contributed by atoms with Crippen molar-refractivity contribution < 1.29 is 33.3 Å². The summed E-state index contributed by atoms with van der Waals surface area (Å²) in [5.74, 6) is -0.176. The molecule has 0 radical (unpaired) electrons. The molecule has 36 heavy (non-hydrogen) atoms. The molecular formula is C29H50O7. The Bertz CT molecular complexity index is 600. The van der Waals surface area contributed by atoms with Gasteiger partial charge in [0.25, 0.3) is 0 Å². The standard InChI is InChI=1S/C29H50O7/c1-2-3-4-5-6-7-8-9-11-16-32-18-20-34-22-24-36-25-23-35-21-19-33-17-12-10-13-27-26-28(30)14-15-29(27)31/h14-15,26H,2-13,16-25H2,1H3. The van der Waals surface area contributed by atoms with Crippen LogP contribution in [0.3, 0.4) is 0 Å². The largest absolute Gasteiger partial charge is 0.379 e. The van der Waals surface area contributed by atoms with Crippen LogP contribution in [0, 0.1) is 0 Å². The molecule has 1 aliphatic rings. The third-order valence-corrected chi connectivity index (χ3v) is 5.90. The summed E-state index contributed by atoms with van der Waals surface area (Å²) in [6.45, 7) is 8.21. The summed E-state index contributed by atoms with van der Waals surface area (Å²) in [6.07, 6.45) is 18.3. The summed E-state index contributed by atoms with van der Waals surface area (Å²) < 4.78 is 27.6. The summed E-state index contributed by atoms with van der Waals surface area (Å²) in [6, 6.07) is 0. The maximum absolute atomic E-state index is 11.6. The van der Waals surface area contributed by atoms with Crippen LogP contribution in [0.2, 0.25) is 0 Å². The summed E-state index contributed by atoms with van der Waals surface area (Å²) in [5, 5.41) is 0. The molecule has 0 aromatic heterocycles. The lowest BCUT2D eigenvalue weighted by Crippen LogP contribution is -2.13. The van der Waals surface area contributed by atoms with Crippen molar-refractivity contribution in [3.05, 3.63) is 23.8 Å². The van der Waals surface area contributed by atoms with Gasteiger partial charge in [0, 0.05) is 18.8 Å². The minimum absolute atomic E-state index is 0.0636. The number of hydrogen-bond donors (Lipinski definition) is 0. The topological polar surface area (TPSA) is 80.3 Å². The highest BCUT2D eigenvalue weighted by atomic mass is 16.6. The number of hydrogen-bond acceptors (Lipinski definition) is 7. The molecule has 0 atom stereocenters. The van der Waals surface area contributed by atoms with Gasteiger partial charge in [0.05, 0.1) is 52.9 Å². The first-order chi connectivity index (χ1) is 17.7. The Balaban J connectivity index is 1.68. The first-order valence-corrected chi connectivity index (χ1v) is 14.1. The summed E-state index contributed by atoms with van der Waals surface area (Å²) in [4.78, 5) is 22.9. The highest BCUT2D eigenvalue weighted by Gasteiger charge is 2.12. The maximum Gasteiger partial charge on any atom is 0.182 e. The lowest BCUT2D eigenvalue weighted by molar-refractivity contribution is -0.114. The van der Waals surface area contributed by atoms with Gasteiger partial charge < -0.3 is 23.7 Å². The normalized spacial score (nSPS) is 13.5. The van der Waals surface area contributed by atoms with E-state index in [1.54, 1.807) is 0 Å². The van der Waals surface area contributed by atoms with E-state index >= 15 is 0 Å². The molecule has 0 amide bonds. The predicted molar refractivity (Wildman–Crippen MR) is 142 cm³/mol. The van der Waals surface area contributed by atoms with E-state index in [1.807, 2.05) is 0 Å². The van der Waals surface area contributed by atoms with Gasteiger partial charge in [-0.15, -0.1) is 0 Å². The molecule has 0 spiro atoms. The van der Waals surface area contributed by atoms with Gasteiger partial charge in [-0.05, 0) is 43.9 Å². The Morgan fingerprint density at radius 2 is 0.917 bits per heavy atom. The van der Waals surface area contributed by atoms with Gasteiger partial charge in [0.15, 0.2) is 11.6 Å². The Morgan fingerprint density at radius 1 is 0.500 bits per heavy atom. The van der Waals surface area contributed by atoms with Crippen LogP contribution in [-0.4, -0.2) is 77.6 Å². The Kier molecular flexibility index (Phi) is 22.9. The summed E-state index contributed by atoms with van der Waals surface area (Å²) in [5.41, 5.74) is 0.592. The number of allylic oxidation sites excluding steroid dienone is 4. The fraction of sp³-hybridized carbons (Fsp3) is 0.793. The molecule has 0 unspecified atom stereocenters. The van der Waals surface area contributed by atoms with Crippen molar-refractivity contribution in [1.82, 2.24) is 0 Å². The fourth-order valence-electron chi connectivity index (χ4n) is 3.77. The third-order valence-electron chi connectivity index (χ3n) is 5.90. The van der Waals surface area contributed by atoms with Crippen molar-refractivity contribution >= 4 is 11.6 Å². The molecule has 0 saturated heterocycles. The van der Waals surface area contributed by atoms with Crippen molar-refractivity contribution in [2.45, 2.75) is 84.0 Å². The van der Waals surface area contributed by atoms with E-state index in [2.05, 4.69) is 6.92 Å². The van der Waals surface area contributed by atoms with Crippen LogP contribution in [0.25, 0.3) is 0 Å². The van der Waals surface area contributed by atoms with Crippen molar-refractivity contribution in [3.63, 3.8) is 0 Å². The number of carbonyl (C=O) groups excluding carboxylic acids is 2. The predicted octanol–water partition coefficient (Wildman–Crippen LogP) is 5.40. The van der Waals surface area contributed by atoms with Gasteiger partial charge in [0.2, 0.25) is 0 Å². The van der Waals surface area contributed by atoms with Gasteiger partial charge in [-0.3, -0.25) is 9.59 Å². The van der Waals surface area contributed by atoms with Crippen LogP contribution in [0.15, 0.2) is 23.8 Å². The lowest BCUT2D eigenvalue weighted by atomic mass is 9.99. The van der Waals surface area contributed by atoms with E-state index in [-0.39, 0.29) is 11.6 Å². The van der Waals surface area contributed by atoms with Crippen LogP contribution in [-0.2, 0) is 33.3 Å². The molecular weight excluding hydrogens is 460 g/mol. The zero-order valence-corrected chi connectivity index (χ0v) is 22.6. The van der Waals surface area contributed by atoms with Crippen molar-refractivity contribution in [2.24, 2.45) is 0 Å². The molecule has 7 nitrogen and oxygen atoms in total. The monoisotopic (exact) mass is 510 g/mol. The van der Waals surface area contributed by atoms with E-state index in [9.17, 15) is 9.59 Å². The number of carbonyl (C=O) groups is 2. The highest BCUT2D eigenvalue weighted by Crippen LogP contribution is 2.13. The summed E-state index contributed by atoms with van der Waals surface area (Å²) >= 11 is 0. The minimum Gasteiger partial charge on any atom is -0.379 e. The van der Waals surface area contributed by atoms with Crippen molar-refractivity contribution in [3.8, 4) is 0 Å². The van der Waals surface area contributed by atoms with E-state index in [1.165, 1.54) is 69.6 Å². The molecule has 0 heterocycles. The molecule has 0 N–H and O–H groups in total. The Morgan fingerprint density at radius 3 is 1.42 bits per heavy atom. The zero-order chi connectivity index (χ0) is 25.9. The molecule has 0 saturated carbocycles. The molecule has 208 valence electrons. The van der Waals surface area contributed by atoms with Crippen molar-refractivity contribution in [1.29, 1.82) is 0 Å².